The van der Waals surface area contributed by atoms with Crippen molar-refractivity contribution in [3.8, 4) is 0 Å². The number of nitrogens with two attached hydrogens (primary N) is 1. The number of methoxy groups -OCH3 is 1. The van der Waals surface area contributed by atoms with Crippen molar-refractivity contribution in [2.45, 2.75) is 31.6 Å². The van der Waals surface area contributed by atoms with Crippen LogP contribution in [0.15, 0.2) is 16.5 Å². The van der Waals surface area contributed by atoms with Crippen molar-refractivity contribution in [3.05, 3.63) is 18.0 Å². The highest BCUT2D eigenvalue weighted by atomic mass is 16.5. The summed E-state index contributed by atoms with van der Waals surface area (Å²) < 4.78 is 16.3. The smallest absolute Gasteiger partial charge is 0.308 e. The van der Waals surface area contributed by atoms with Gasteiger partial charge in [-0.05, 0) is 31.7 Å². The van der Waals surface area contributed by atoms with E-state index in [4.69, 9.17) is 24.6 Å². The maximum atomic E-state index is 11.7. The highest BCUT2D eigenvalue weighted by Crippen LogP contribution is 2.38. The van der Waals surface area contributed by atoms with Gasteiger partial charge in [-0.15, -0.1) is 0 Å². The molecule has 0 radical (unpaired) electrons. The Labute approximate surface area is 152 Å². The summed E-state index contributed by atoms with van der Waals surface area (Å²) in [5, 5.41) is 0. The molecule has 1 aromatic heterocycles. The van der Waals surface area contributed by atoms with E-state index >= 15 is 0 Å². The standard InChI is InChI=1S/C19H25N3O4/c1-24-19(23)13-4-2-12(3-5-13)18-21-15-11-16(14(20)10-17(15)26-18)22-6-8-25-9-7-22/h10-13H,2-9,20H2,1H3/t12-,13-. The van der Waals surface area contributed by atoms with Crippen LogP contribution < -0.4 is 10.6 Å². The molecule has 1 saturated carbocycles. The van der Waals surface area contributed by atoms with E-state index < -0.39 is 0 Å². The zero-order valence-corrected chi connectivity index (χ0v) is 15.1. The number of morpholine rings is 1. The van der Waals surface area contributed by atoms with E-state index in [9.17, 15) is 4.79 Å². The molecular weight excluding hydrogens is 334 g/mol. The molecule has 0 unspecified atom stereocenters. The molecule has 1 aromatic carbocycles. The minimum Gasteiger partial charge on any atom is -0.469 e. The first-order valence-electron chi connectivity index (χ1n) is 9.26. The van der Waals surface area contributed by atoms with Gasteiger partial charge in [0.05, 0.1) is 37.6 Å². The number of carbonyl (C=O) groups is 1. The van der Waals surface area contributed by atoms with E-state index in [0.717, 1.165) is 61.5 Å². The van der Waals surface area contributed by atoms with Crippen LogP contribution in [0.1, 0.15) is 37.5 Å². The fourth-order valence-corrected chi connectivity index (χ4v) is 3.99. The van der Waals surface area contributed by atoms with Crippen LogP contribution in [-0.4, -0.2) is 44.4 Å². The molecule has 2 heterocycles. The van der Waals surface area contributed by atoms with Gasteiger partial charge >= 0.3 is 5.97 Å². The van der Waals surface area contributed by atoms with E-state index in [0.29, 0.717) is 18.9 Å². The van der Waals surface area contributed by atoms with E-state index in [1.165, 1.54) is 7.11 Å². The Kier molecular flexibility index (Phi) is 4.72. The number of esters is 1. The molecule has 140 valence electrons. The van der Waals surface area contributed by atoms with Gasteiger partial charge in [0, 0.05) is 25.1 Å². The first kappa shape index (κ1) is 17.1. The quantitative estimate of drug-likeness (QED) is 0.665. The second kappa shape index (κ2) is 7.15. The van der Waals surface area contributed by atoms with Gasteiger partial charge in [-0.2, -0.15) is 0 Å². The molecule has 0 amide bonds. The number of nitrogen functional groups attached to an aromatic ring is 1. The summed E-state index contributed by atoms with van der Waals surface area (Å²) >= 11 is 0. The van der Waals surface area contributed by atoms with Crippen molar-refractivity contribution in [1.29, 1.82) is 0 Å². The Morgan fingerprint density at radius 1 is 1.23 bits per heavy atom. The summed E-state index contributed by atoms with van der Waals surface area (Å²) in [7, 11) is 1.45. The molecule has 2 fully saturated rings. The van der Waals surface area contributed by atoms with Crippen molar-refractivity contribution >= 4 is 28.4 Å². The zero-order chi connectivity index (χ0) is 18.1. The largest absolute Gasteiger partial charge is 0.469 e. The molecule has 2 aliphatic rings. The zero-order valence-electron chi connectivity index (χ0n) is 15.1. The Morgan fingerprint density at radius 3 is 2.65 bits per heavy atom. The van der Waals surface area contributed by atoms with Crippen molar-refractivity contribution in [1.82, 2.24) is 4.98 Å². The van der Waals surface area contributed by atoms with Crippen LogP contribution in [0.4, 0.5) is 11.4 Å². The van der Waals surface area contributed by atoms with Gasteiger partial charge in [-0.3, -0.25) is 4.79 Å². The van der Waals surface area contributed by atoms with Crippen LogP contribution in [0.2, 0.25) is 0 Å². The molecule has 1 saturated heterocycles. The lowest BCUT2D eigenvalue weighted by atomic mass is 9.82. The molecule has 0 spiro atoms. The van der Waals surface area contributed by atoms with Gasteiger partial charge in [0.1, 0.15) is 5.52 Å². The van der Waals surface area contributed by atoms with Crippen LogP contribution in [0.5, 0.6) is 0 Å². The summed E-state index contributed by atoms with van der Waals surface area (Å²) in [4.78, 5) is 18.6. The lowest BCUT2D eigenvalue weighted by molar-refractivity contribution is -0.146. The van der Waals surface area contributed by atoms with Crippen molar-refractivity contribution in [2.24, 2.45) is 5.92 Å². The van der Waals surface area contributed by atoms with E-state index in [1.807, 2.05) is 12.1 Å². The number of benzene rings is 1. The van der Waals surface area contributed by atoms with Gasteiger partial charge in [-0.25, -0.2) is 4.98 Å². The third-order valence-corrected chi connectivity index (χ3v) is 5.52. The monoisotopic (exact) mass is 359 g/mol. The Hall–Kier alpha value is -2.28. The van der Waals surface area contributed by atoms with Gasteiger partial charge in [0.25, 0.3) is 0 Å². The molecule has 0 bridgehead atoms. The maximum Gasteiger partial charge on any atom is 0.308 e. The van der Waals surface area contributed by atoms with Crippen LogP contribution in [0.3, 0.4) is 0 Å². The summed E-state index contributed by atoms with van der Waals surface area (Å²) in [6.45, 7) is 3.09. The van der Waals surface area contributed by atoms with Crippen LogP contribution in [0, 0.1) is 5.92 Å². The molecule has 4 rings (SSSR count). The average molecular weight is 359 g/mol. The van der Waals surface area contributed by atoms with Crippen LogP contribution in [-0.2, 0) is 14.3 Å². The Morgan fingerprint density at radius 2 is 1.96 bits per heavy atom. The number of ether oxygens (including phenoxy) is 2. The minimum atomic E-state index is -0.107. The first-order chi connectivity index (χ1) is 12.7. The SMILES string of the molecule is COC(=O)[C@H]1CC[C@H](c2nc3cc(N4CCOCC4)c(N)cc3o2)CC1. The van der Waals surface area contributed by atoms with E-state index in [-0.39, 0.29) is 17.8 Å². The number of carbonyl (C=O) groups excluding carboxylic acids is 1. The third kappa shape index (κ3) is 3.23. The Bertz CT molecular complexity index is 789. The molecule has 26 heavy (non-hydrogen) atoms. The number of aromatic nitrogens is 1. The summed E-state index contributed by atoms with van der Waals surface area (Å²) in [6, 6.07) is 3.89. The summed E-state index contributed by atoms with van der Waals surface area (Å²) in [5.41, 5.74) is 9.52. The second-order valence-corrected chi connectivity index (χ2v) is 7.10. The summed E-state index contributed by atoms with van der Waals surface area (Å²) in [5.74, 6) is 0.895. The predicted molar refractivity (Wildman–Crippen MR) is 98.2 cm³/mol. The molecule has 7 nitrogen and oxygen atoms in total. The lowest BCUT2D eigenvalue weighted by Crippen LogP contribution is -2.36. The normalized spacial score (nSPS) is 24.0. The average Bonchev–Trinajstić information content (AvgIpc) is 3.10. The van der Waals surface area contributed by atoms with Crippen molar-refractivity contribution in [2.75, 3.05) is 44.0 Å². The molecule has 0 atom stereocenters. The summed E-state index contributed by atoms with van der Waals surface area (Å²) in [6.07, 6.45) is 3.41. The molecule has 2 aromatic rings. The maximum absolute atomic E-state index is 11.7. The van der Waals surface area contributed by atoms with Crippen LogP contribution in [0.25, 0.3) is 11.1 Å². The molecule has 2 N–H and O–H groups in total. The molecular formula is C19H25N3O4. The number of hydrogen-bond acceptors (Lipinski definition) is 7. The minimum absolute atomic E-state index is 0.00389. The fourth-order valence-electron chi connectivity index (χ4n) is 3.99. The van der Waals surface area contributed by atoms with E-state index in [2.05, 4.69) is 4.90 Å². The number of rotatable bonds is 3. The number of hydrogen-bond donors (Lipinski definition) is 1. The number of anilines is 2. The third-order valence-electron chi connectivity index (χ3n) is 5.52. The molecule has 1 aliphatic carbocycles. The highest BCUT2D eigenvalue weighted by Gasteiger charge is 2.30. The molecule has 7 heteroatoms. The number of fused-ring (bicyclic) bond motifs is 1. The predicted octanol–water partition coefficient (Wildman–Crippen LogP) is 2.69. The number of nitrogens with zero attached hydrogens (tertiary/aromatic N) is 2. The van der Waals surface area contributed by atoms with Gasteiger partial charge < -0.3 is 24.5 Å². The molecule has 1 aliphatic heterocycles. The Balaban J connectivity index is 1.53. The van der Waals surface area contributed by atoms with Gasteiger partial charge in [-0.1, -0.05) is 0 Å². The highest BCUT2D eigenvalue weighted by molar-refractivity contribution is 5.86. The number of oxazole rings is 1. The van der Waals surface area contributed by atoms with Crippen molar-refractivity contribution < 1.29 is 18.7 Å². The fraction of sp³-hybridized carbons (Fsp3) is 0.579. The van der Waals surface area contributed by atoms with Crippen LogP contribution >= 0.6 is 0 Å². The van der Waals surface area contributed by atoms with Gasteiger partial charge in [0.2, 0.25) is 0 Å². The lowest BCUT2D eigenvalue weighted by Gasteiger charge is -2.29. The first-order valence-corrected chi connectivity index (χ1v) is 9.26. The van der Waals surface area contributed by atoms with Crippen molar-refractivity contribution in [3.63, 3.8) is 0 Å². The van der Waals surface area contributed by atoms with Gasteiger partial charge in [0.15, 0.2) is 11.5 Å². The topological polar surface area (TPSA) is 90.8 Å². The second-order valence-electron chi connectivity index (χ2n) is 7.10. The van der Waals surface area contributed by atoms with E-state index in [1.54, 1.807) is 0 Å².